The quantitative estimate of drug-likeness (QED) is 0.343. The van der Waals surface area contributed by atoms with Gasteiger partial charge in [0.05, 0.1) is 16.0 Å². The van der Waals surface area contributed by atoms with Crippen LogP contribution in [0, 0.1) is 6.92 Å². The second-order valence-electron chi connectivity index (χ2n) is 6.40. The van der Waals surface area contributed by atoms with Crippen molar-refractivity contribution in [1.29, 1.82) is 0 Å². The van der Waals surface area contributed by atoms with Crippen molar-refractivity contribution in [2.75, 3.05) is 11.1 Å². The summed E-state index contributed by atoms with van der Waals surface area (Å²) in [5.74, 6) is 0.862. The Morgan fingerprint density at radius 2 is 2.10 bits per heavy atom. The minimum Gasteiger partial charge on any atom is -0.301 e. The first-order valence-corrected chi connectivity index (χ1v) is 10.8. The molecule has 0 saturated carbocycles. The number of allylic oxidation sites excluding steroid dienone is 1. The largest absolute Gasteiger partial charge is 0.301 e. The monoisotopic (exact) mass is 421 g/mol. The van der Waals surface area contributed by atoms with Crippen LogP contribution in [-0.2, 0) is 11.3 Å². The van der Waals surface area contributed by atoms with E-state index in [0.717, 1.165) is 27.2 Å². The van der Waals surface area contributed by atoms with Gasteiger partial charge in [-0.1, -0.05) is 65.1 Å². The van der Waals surface area contributed by atoms with Gasteiger partial charge in [0.1, 0.15) is 0 Å². The fourth-order valence-electron chi connectivity index (χ4n) is 2.90. The third-order valence-corrected chi connectivity index (χ3v) is 6.10. The number of carbonyl (C=O) groups is 1. The molecule has 0 spiro atoms. The third-order valence-electron chi connectivity index (χ3n) is 4.18. The number of para-hydroxylation sites is 1. The van der Waals surface area contributed by atoms with Crippen LogP contribution in [0.25, 0.3) is 21.6 Å². The topological polar surface area (TPSA) is 72.7 Å². The fraction of sp³-hybridized carbons (Fsp3) is 0.143. The van der Waals surface area contributed by atoms with Crippen LogP contribution in [0.3, 0.4) is 0 Å². The minimum absolute atomic E-state index is 0.126. The standard InChI is InChI=1S/C21H19N5OS2/c1-3-11-26-19(15-8-6-7-14(2)12-15)24-25-21(26)28-13-18(27)23-20-22-16-9-4-5-10-17(16)29-20/h3-10,12H,1,11,13H2,2H3,(H,22,23,27). The maximum atomic E-state index is 12.4. The predicted molar refractivity (Wildman–Crippen MR) is 119 cm³/mol. The fourth-order valence-corrected chi connectivity index (χ4v) is 4.53. The van der Waals surface area contributed by atoms with E-state index >= 15 is 0 Å². The summed E-state index contributed by atoms with van der Waals surface area (Å²) in [5.41, 5.74) is 3.03. The van der Waals surface area contributed by atoms with Crippen molar-refractivity contribution in [3.63, 3.8) is 0 Å². The molecule has 2 aromatic heterocycles. The highest BCUT2D eigenvalue weighted by molar-refractivity contribution is 7.99. The Labute approximate surface area is 176 Å². The van der Waals surface area contributed by atoms with Gasteiger partial charge in [0, 0.05) is 12.1 Å². The van der Waals surface area contributed by atoms with Gasteiger partial charge in [-0.05, 0) is 25.1 Å². The molecule has 0 aliphatic carbocycles. The highest BCUT2D eigenvalue weighted by Crippen LogP contribution is 2.27. The van der Waals surface area contributed by atoms with Gasteiger partial charge in [0.2, 0.25) is 5.91 Å². The lowest BCUT2D eigenvalue weighted by Gasteiger charge is -2.08. The number of anilines is 1. The molecule has 146 valence electrons. The van der Waals surface area contributed by atoms with E-state index in [1.54, 1.807) is 6.08 Å². The normalized spacial score (nSPS) is 10.9. The lowest BCUT2D eigenvalue weighted by atomic mass is 10.1. The zero-order valence-electron chi connectivity index (χ0n) is 15.8. The minimum atomic E-state index is -0.126. The second-order valence-corrected chi connectivity index (χ2v) is 8.37. The summed E-state index contributed by atoms with van der Waals surface area (Å²) in [6.07, 6.45) is 1.80. The molecule has 0 bridgehead atoms. The SMILES string of the molecule is C=CCn1c(SCC(=O)Nc2nc3ccccc3s2)nnc1-c1cccc(C)c1. The van der Waals surface area contributed by atoms with E-state index in [-0.39, 0.29) is 11.7 Å². The number of nitrogens with one attached hydrogen (secondary N) is 1. The Hall–Kier alpha value is -2.97. The first kappa shape index (κ1) is 19.4. The first-order valence-electron chi connectivity index (χ1n) is 9.03. The number of fused-ring (bicyclic) bond motifs is 1. The average molecular weight is 422 g/mol. The smallest absolute Gasteiger partial charge is 0.236 e. The van der Waals surface area contributed by atoms with E-state index in [1.165, 1.54) is 23.1 Å². The van der Waals surface area contributed by atoms with Crippen molar-refractivity contribution >= 4 is 44.4 Å². The number of thiazole rings is 1. The molecule has 4 aromatic rings. The van der Waals surface area contributed by atoms with Gasteiger partial charge >= 0.3 is 0 Å². The number of rotatable bonds is 7. The number of benzene rings is 2. The number of thioether (sulfide) groups is 1. The van der Waals surface area contributed by atoms with Crippen molar-refractivity contribution in [3.05, 3.63) is 66.7 Å². The van der Waals surface area contributed by atoms with Gasteiger partial charge in [-0.2, -0.15) is 0 Å². The molecule has 4 rings (SSSR count). The van der Waals surface area contributed by atoms with Crippen molar-refractivity contribution in [1.82, 2.24) is 19.7 Å². The molecule has 8 heteroatoms. The van der Waals surface area contributed by atoms with Gasteiger partial charge in [0.25, 0.3) is 0 Å². The average Bonchev–Trinajstić information content (AvgIpc) is 3.30. The maximum absolute atomic E-state index is 12.4. The predicted octanol–water partition coefficient (Wildman–Crippen LogP) is 4.78. The number of aryl methyl sites for hydroxylation is 1. The lowest BCUT2D eigenvalue weighted by molar-refractivity contribution is -0.113. The Bertz CT molecular complexity index is 1150. The molecule has 0 radical (unpaired) electrons. The third kappa shape index (κ3) is 4.38. The Morgan fingerprint density at radius 1 is 1.24 bits per heavy atom. The summed E-state index contributed by atoms with van der Waals surface area (Å²) < 4.78 is 3.01. The van der Waals surface area contributed by atoms with E-state index in [2.05, 4.69) is 33.1 Å². The molecule has 2 heterocycles. The van der Waals surface area contributed by atoms with Crippen LogP contribution >= 0.6 is 23.1 Å². The van der Waals surface area contributed by atoms with Gasteiger partial charge < -0.3 is 5.32 Å². The molecule has 0 saturated heterocycles. The van der Waals surface area contributed by atoms with Crippen LogP contribution in [0.2, 0.25) is 0 Å². The van der Waals surface area contributed by atoms with Crippen LogP contribution < -0.4 is 5.32 Å². The number of amides is 1. The summed E-state index contributed by atoms with van der Waals surface area (Å²) in [7, 11) is 0. The highest BCUT2D eigenvalue weighted by Gasteiger charge is 2.16. The van der Waals surface area contributed by atoms with E-state index in [4.69, 9.17) is 0 Å². The second kappa shape index (κ2) is 8.59. The van der Waals surface area contributed by atoms with Gasteiger partial charge in [0.15, 0.2) is 16.1 Å². The molecule has 0 fully saturated rings. The molecule has 1 N–H and O–H groups in total. The number of nitrogens with zero attached hydrogens (tertiary/aromatic N) is 4. The molecule has 0 atom stereocenters. The van der Waals surface area contributed by atoms with Gasteiger partial charge in [-0.25, -0.2) is 4.98 Å². The molecule has 29 heavy (non-hydrogen) atoms. The molecule has 6 nitrogen and oxygen atoms in total. The van der Waals surface area contributed by atoms with Crippen LogP contribution in [0.15, 0.2) is 66.3 Å². The Morgan fingerprint density at radius 3 is 2.90 bits per heavy atom. The van der Waals surface area contributed by atoms with Crippen LogP contribution in [0.5, 0.6) is 0 Å². The number of hydrogen-bond acceptors (Lipinski definition) is 6. The lowest BCUT2D eigenvalue weighted by Crippen LogP contribution is -2.14. The molecule has 1 amide bonds. The summed E-state index contributed by atoms with van der Waals surface area (Å²) in [6, 6.07) is 15.9. The molecule has 2 aromatic carbocycles. The van der Waals surface area contributed by atoms with Crippen molar-refractivity contribution in [3.8, 4) is 11.4 Å². The van der Waals surface area contributed by atoms with E-state index in [9.17, 15) is 4.79 Å². The summed E-state index contributed by atoms with van der Waals surface area (Å²) in [5, 5.41) is 12.8. The Balaban J connectivity index is 1.47. The summed E-state index contributed by atoms with van der Waals surface area (Å²) >= 11 is 2.81. The zero-order chi connectivity index (χ0) is 20.2. The van der Waals surface area contributed by atoms with E-state index in [1.807, 2.05) is 54.0 Å². The van der Waals surface area contributed by atoms with Crippen LogP contribution in [0.4, 0.5) is 5.13 Å². The zero-order valence-corrected chi connectivity index (χ0v) is 17.5. The maximum Gasteiger partial charge on any atom is 0.236 e. The Kier molecular flexibility index (Phi) is 5.73. The van der Waals surface area contributed by atoms with Crippen LogP contribution in [0.1, 0.15) is 5.56 Å². The van der Waals surface area contributed by atoms with Gasteiger partial charge in [-0.15, -0.1) is 16.8 Å². The molecule has 0 aliphatic heterocycles. The molecule has 0 aliphatic rings. The number of carbonyl (C=O) groups excluding carboxylic acids is 1. The molecular weight excluding hydrogens is 402 g/mol. The first-order chi connectivity index (χ1) is 14.1. The number of aromatic nitrogens is 4. The van der Waals surface area contributed by atoms with Gasteiger partial charge in [-0.3, -0.25) is 9.36 Å². The number of hydrogen-bond donors (Lipinski definition) is 1. The molecular formula is C21H19N5OS2. The van der Waals surface area contributed by atoms with Crippen molar-refractivity contribution in [2.45, 2.75) is 18.6 Å². The summed E-state index contributed by atoms with van der Waals surface area (Å²) in [6.45, 7) is 6.44. The van der Waals surface area contributed by atoms with Crippen molar-refractivity contribution in [2.24, 2.45) is 0 Å². The summed E-state index contributed by atoms with van der Waals surface area (Å²) in [4.78, 5) is 16.8. The molecule has 0 unspecified atom stereocenters. The van der Waals surface area contributed by atoms with E-state index < -0.39 is 0 Å². The van der Waals surface area contributed by atoms with Crippen LogP contribution in [-0.4, -0.2) is 31.4 Å². The highest BCUT2D eigenvalue weighted by atomic mass is 32.2. The van der Waals surface area contributed by atoms with Crippen molar-refractivity contribution < 1.29 is 4.79 Å². The van der Waals surface area contributed by atoms with E-state index in [0.29, 0.717) is 16.8 Å².